The van der Waals surface area contributed by atoms with E-state index in [0.717, 1.165) is 22.3 Å². The summed E-state index contributed by atoms with van der Waals surface area (Å²) in [6.45, 7) is 4.41. The molecule has 1 aliphatic carbocycles. The van der Waals surface area contributed by atoms with Gasteiger partial charge in [0.05, 0.1) is 18.2 Å². The van der Waals surface area contributed by atoms with E-state index in [-0.39, 0.29) is 5.78 Å². The number of hydrogen-bond donors (Lipinski definition) is 1. The molecule has 4 heteroatoms. The molecule has 1 amide bonds. The van der Waals surface area contributed by atoms with E-state index >= 15 is 0 Å². The van der Waals surface area contributed by atoms with Gasteiger partial charge in [0.25, 0.3) is 5.91 Å². The maximum atomic E-state index is 13.8. The molecule has 0 aromatic heterocycles. The zero-order valence-corrected chi connectivity index (χ0v) is 17.8. The molecule has 0 unspecified atom stereocenters. The van der Waals surface area contributed by atoms with E-state index in [1.165, 1.54) is 0 Å². The van der Waals surface area contributed by atoms with Gasteiger partial charge in [-0.05, 0) is 49.4 Å². The predicted molar refractivity (Wildman–Crippen MR) is 120 cm³/mol. The molecule has 5 rings (SSSR count). The van der Waals surface area contributed by atoms with Crippen LogP contribution >= 0.6 is 0 Å². The van der Waals surface area contributed by atoms with Gasteiger partial charge in [-0.25, -0.2) is 0 Å². The Bertz CT molecular complexity index is 1210. The van der Waals surface area contributed by atoms with E-state index in [2.05, 4.69) is 6.07 Å². The van der Waals surface area contributed by atoms with Crippen LogP contribution in [-0.2, 0) is 23.4 Å². The fourth-order valence-corrected chi connectivity index (χ4v) is 5.09. The molecule has 3 aromatic carbocycles. The van der Waals surface area contributed by atoms with Crippen LogP contribution in [0.1, 0.15) is 44.6 Å². The van der Waals surface area contributed by atoms with Crippen molar-refractivity contribution < 1.29 is 14.7 Å². The molecule has 0 saturated heterocycles. The van der Waals surface area contributed by atoms with Crippen LogP contribution in [0, 0.1) is 19.8 Å². The van der Waals surface area contributed by atoms with Crippen LogP contribution < -0.4 is 4.90 Å². The van der Waals surface area contributed by atoms with Crippen LogP contribution in [-0.4, -0.2) is 16.8 Å². The minimum atomic E-state index is -1.85. The molecule has 4 nitrogen and oxygen atoms in total. The van der Waals surface area contributed by atoms with Gasteiger partial charge in [-0.2, -0.15) is 0 Å². The number of carbonyl (C=O) groups excluding carboxylic acids is 2. The van der Waals surface area contributed by atoms with Crippen molar-refractivity contribution in [3.63, 3.8) is 0 Å². The highest BCUT2D eigenvalue weighted by Gasteiger charge is 2.57. The largest absolute Gasteiger partial charge is 0.375 e. The van der Waals surface area contributed by atoms with Crippen molar-refractivity contribution in [2.24, 2.45) is 5.92 Å². The lowest BCUT2D eigenvalue weighted by Gasteiger charge is -2.34. The van der Waals surface area contributed by atoms with Crippen molar-refractivity contribution >= 4 is 17.4 Å². The average Bonchev–Trinajstić information content (AvgIpc) is 2.99. The number of amides is 1. The second kappa shape index (κ2) is 7.17. The van der Waals surface area contributed by atoms with Gasteiger partial charge >= 0.3 is 0 Å². The Kier molecular flexibility index (Phi) is 4.56. The molecule has 0 spiro atoms. The smallest absolute Gasteiger partial charge is 0.264 e. The first-order valence-corrected chi connectivity index (χ1v) is 10.7. The van der Waals surface area contributed by atoms with E-state index in [0.29, 0.717) is 36.2 Å². The first-order chi connectivity index (χ1) is 14.9. The number of aliphatic hydroxyl groups is 1. The van der Waals surface area contributed by atoms with E-state index in [9.17, 15) is 14.7 Å². The molecule has 2 aliphatic rings. The van der Waals surface area contributed by atoms with Crippen LogP contribution in [0.25, 0.3) is 0 Å². The molecule has 31 heavy (non-hydrogen) atoms. The van der Waals surface area contributed by atoms with Gasteiger partial charge in [0.15, 0.2) is 11.4 Å². The van der Waals surface area contributed by atoms with Crippen molar-refractivity contribution in [2.45, 2.75) is 38.8 Å². The van der Waals surface area contributed by atoms with Crippen molar-refractivity contribution in [3.8, 4) is 0 Å². The first kappa shape index (κ1) is 19.7. The number of hydrogen-bond acceptors (Lipinski definition) is 3. The minimum Gasteiger partial charge on any atom is -0.375 e. The number of benzene rings is 3. The Hall–Kier alpha value is -3.24. The summed E-state index contributed by atoms with van der Waals surface area (Å²) in [5.74, 6) is -1.35. The summed E-state index contributed by atoms with van der Waals surface area (Å²) < 4.78 is 0. The molecule has 1 aliphatic heterocycles. The average molecular weight is 412 g/mol. The summed E-state index contributed by atoms with van der Waals surface area (Å²) in [5.41, 5.74) is 4.21. The summed E-state index contributed by atoms with van der Waals surface area (Å²) >= 11 is 0. The van der Waals surface area contributed by atoms with Gasteiger partial charge in [0.2, 0.25) is 0 Å². The Morgan fingerprint density at radius 3 is 2.58 bits per heavy atom. The molecule has 0 bridgehead atoms. The van der Waals surface area contributed by atoms with Gasteiger partial charge in [-0.3, -0.25) is 9.59 Å². The topological polar surface area (TPSA) is 57.6 Å². The molecule has 2 atom stereocenters. The molecule has 1 heterocycles. The van der Waals surface area contributed by atoms with Crippen molar-refractivity contribution in [1.82, 2.24) is 0 Å². The maximum absolute atomic E-state index is 13.8. The molecule has 1 N–H and O–H groups in total. The Balaban J connectivity index is 1.58. The SMILES string of the molecule is Cc1ccc(C)c(CN2C(=O)[C@@](O)([C@@H]3CCc4ccccc4C3=O)c3ccccc32)c1. The number of rotatable bonds is 3. The second-order valence-corrected chi connectivity index (χ2v) is 8.72. The Morgan fingerprint density at radius 1 is 1.00 bits per heavy atom. The lowest BCUT2D eigenvalue weighted by atomic mass is 9.71. The number of ketones is 1. The fraction of sp³-hybridized carbons (Fsp3) is 0.259. The summed E-state index contributed by atoms with van der Waals surface area (Å²) in [4.78, 5) is 28.8. The van der Waals surface area contributed by atoms with Gasteiger partial charge in [0.1, 0.15) is 0 Å². The highest BCUT2D eigenvalue weighted by molar-refractivity contribution is 6.12. The zero-order chi connectivity index (χ0) is 21.8. The van der Waals surface area contributed by atoms with Gasteiger partial charge in [-0.1, -0.05) is 66.2 Å². The van der Waals surface area contributed by atoms with E-state index in [4.69, 9.17) is 0 Å². The monoisotopic (exact) mass is 411 g/mol. The lowest BCUT2D eigenvalue weighted by Crippen LogP contribution is -2.49. The third-order valence-electron chi connectivity index (χ3n) is 6.82. The predicted octanol–water partition coefficient (Wildman–Crippen LogP) is 4.48. The summed E-state index contributed by atoms with van der Waals surface area (Å²) in [6.07, 6.45) is 1.12. The third-order valence-corrected chi connectivity index (χ3v) is 6.82. The number of Topliss-reactive ketones (excluding diaryl/α,β-unsaturated/α-hetero) is 1. The van der Waals surface area contributed by atoms with E-state index in [1.807, 2.05) is 62.4 Å². The molecular formula is C27H25NO3. The van der Waals surface area contributed by atoms with Crippen molar-refractivity contribution in [1.29, 1.82) is 0 Å². The molecule has 3 aromatic rings. The number of aryl methyl sites for hydroxylation is 3. The Labute approximate surface area is 182 Å². The second-order valence-electron chi connectivity index (χ2n) is 8.72. The quantitative estimate of drug-likeness (QED) is 0.691. The Morgan fingerprint density at radius 2 is 1.74 bits per heavy atom. The van der Waals surface area contributed by atoms with Crippen molar-refractivity contribution in [2.75, 3.05) is 4.90 Å². The highest BCUT2D eigenvalue weighted by Crippen LogP contribution is 2.48. The number of fused-ring (bicyclic) bond motifs is 2. The fourth-order valence-electron chi connectivity index (χ4n) is 5.09. The zero-order valence-electron chi connectivity index (χ0n) is 17.8. The summed E-state index contributed by atoms with van der Waals surface area (Å²) in [6, 6.07) is 21.0. The number of carbonyl (C=O) groups is 2. The standard InChI is InChI=1S/C27H25NO3/c1-17-11-12-18(2)20(15-17)16-28-24-10-6-5-9-22(24)27(31,26(28)30)23-14-13-19-7-3-4-8-21(19)25(23)29/h3-12,15,23,31H,13-14,16H2,1-2H3/t23-,27+/m1/s1. The van der Waals surface area contributed by atoms with Crippen LogP contribution in [0.2, 0.25) is 0 Å². The van der Waals surface area contributed by atoms with E-state index in [1.54, 1.807) is 17.0 Å². The van der Waals surface area contributed by atoms with Crippen LogP contribution in [0.3, 0.4) is 0 Å². The molecule has 0 fully saturated rings. The minimum absolute atomic E-state index is 0.152. The van der Waals surface area contributed by atoms with Crippen LogP contribution in [0.4, 0.5) is 5.69 Å². The number of para-hydroxylation sites is 1. The maximum Gasteiger partial charge on any atom is 0.264 e. The van der Waals surface area contributed by atoms with Crippen LogP contribution in [0.15, 0.2) is 66.7 Å². The normalized spacial score (nSPS) is 22.4. The van der Waals surface area contributed by atoms with Crippen molar-refractivity contribution in [3.05, 3.63) is 100 Å². The molecular weight excluding hydrogens is 386 g/mol. The first-order valence-electron chi connectivity index (χ1n) is 10.7. The van der Waals surface area contributed by atoms with Gasteiger partial charge in [-0.15, -0.1) is 0 Å². The lowest BCUT2D eigenvalue weighted by molar-refractivity contribution is -0.140. The van der Waals surface area contributed by atoms with E-state index < -0.39 is 17.4 Å². The summed E-state index contributed by atoms with van der Waals surface area (Å²) in [5, 5.41) is 11.9. The van der Waals surface area contributed by atoms with Gasteiger partial charge < -0.3 is 10.0 Å². The molecule has 0 saturated carbocycles. The van der Waals surface area contributed by atoms with Gasteiger partial charge in [0, 0.05) is 11.1 Å². The number of nitrogens with zero attached hydrogens (tertiary/aromatic N) is 1. The highest BCUT2D eigenvalue weighted by atomic mass is 16.3. The number of anilines is 1. The molecule has 0 radical (unpaired) electrons. The van der Waals surface area contributed by atoms with Crippen LogP contribution in [0.5, 0.6) is 0 Å². The summed E-state index contributed by atoms with van der Waals surface area (Å²) in [7, 11) is 0. The molecule has 156 valence electrons. The third kappa shape index (κ3) is 2.94.